The van der Waals surface area contributed by atoms with Gasteiger partial charge in [0.25, 0.3) is 0 Å². The molecular weight excluding hydrogens is 367 g/mol. The van der Waals surface area contributed by atoms with Gasteiger partial charge in [-0.1, -0.05) is 19.1 Å². The maximum atomic E-state index is 12.5. The molecule has 2 rings (SSSR count). The Morgan fingerprint density at radius 1 is 1.31 bits per heavy atom. The molecule has 0 spiro atoms. The first-order valence-corrected chi connectivity index (χ1v) is 8.90. The van der Waals surface area contributed by atoms with Crippen LogP contribution in [0.3, 0.4) is 0 Å². The molecule has 2 unspecified atom stereocenters. The Morgan fingerprint density at radius 2 is 2.00 bits per heavy atom. The maximum Gasteiger partial charge on any atom is 0.443 e. The van der Waals surface area contributed by atoms with Gasteiger partial charge in [0, 0.05) is 17.6 Å². The van der Waals surface area contributed by atoms with E-state index in [-0.39, 0.29) is 18.2 Å². The second-order valence-corrected chi connectivity index (χ2v) is 6.73. The molecule has 2 atom stereocenters. The largest absolute Gasteiger partial charge is 0.443 e. The van der Waals surface area contributed by atoms with Crippen molar-refractivity contribution in [2.45, 2.75) is 31.5 Å². The lowest BCUT2D eigenvalue weighted by Crippen LogP contribution is -2.23. The average Bonchev–Trinajstić information content (AvgIpc) is 3.10. The van der Waals surface area contributed by atoms with Crippen molar-refractivity contribution >= 4 is 23.4 Å². The number of amides is 1. The minimum Gasteiger partial charge on any atom is -0.385 e. The van der Waals surface area contributed by atoms with Crippen LogP contribution >= 0.6 is 11.3 Å². The lowest BCUT2D eigenvalue weighted by molar-refractivity contribution is -0.137. The quantitative estimate of drug-likeness (QED) is 0.454. The number of halogens is 3. The van der Waals surface area contributed by atoms with Crippen LogP contribution in [-0.4, -0.2) is 29.6 Å². The standard InChI is InChI=1S/C17H20F3N3O2S/c1-11(12-2-4-13(5-3-12)22-10-24)6-7-21-8-15(25)14-9-26-16(23-14)17(18,19)20/h2-5,9-11,15,21,25H,6-8H2,1H3,(H,22,24). The zero-order chi connectivity index (χ0) is 19.2. The highest BCUT2D eigenvalue weighted by Crippen LogP contribution is 2.32. The number of nitrogens with zero attached hydrogens (tertiary/aromatic N) is 1. The molecule has 0 aliphatic heterocycles. The second-order valence-electron chi connectivity index (χ2n) is 5.87. The minimum atomic E-state index is -4.48. The zero-order valence-corrected chi connectivity index (χ0v) is 14.9. The van der Waals surface area contributed by atoms with Crippen LogP contribution in [0.15, 0.2) is 29.6 Å². The number of hydrogen-bond donors (Lipinski definition) is 3. The lowest BCUT2D eigenvalue weighted by atomic mass is 9.97. The number of nitrogens with one attached hydrogen (secondary N) is 2. The molecule has 1 heterocycles. The molecule has 142 valence electrons. The van der Waals surface area contributed by atoms with Crippen molar-refractivity contribution in [1.29, 1.82) is 0 Å². The highest BCUT2D eigenvalue weighted by molar-refractivity contribution is 7.09. The number of aromatic nitrogens is 1. The van der Waals surface area contributed by atoms with Gasteiger partial charge in [0.05, 0.1) is 5.69 Å². The molecular formula is C17H20F3N3O2S. The van der Waals surface area contributed by atoms with Crippen LogP contribution in [0.5, 0.6) is 0 Å². The Kier molecular flexibility index (Phi) is 7.13. The zero-order valence-electron chi connectivity index (χ0n) is 14.1. The van der Waals surface area contributed by atoms with Crippen LogP contribution in [0.4, 0.5) is 18.9 Å². The first-order valence-electron chi connectivity index (χ1n) is 8.02. The molecule has 1 aromatic heterocycles. The number of anilines is 1. The number of rotatable bonds is 9. The third kappa shape index (κ3) is 5.79. The number of carbonyl (C=O) groups excluding carboxylic acids is 1. The monoisotopic (exact) mass is 387 g/mol. The number of hydrogen-bond acceptors (Lipinski definition) is 5. The van der Waals surface area contributed by atoms with Crippen LogP contribution in [0, 0.1) is 0 Å². The van der Waals surface area contributed by atoms with Crippen molar-refractivity contribution < 1.29 is 23.1 Å². The van der Waals surface area contributed by atoms with Crippen LogP contribution < -0.4 is 10.6 Å². The van der Waals surface area contributed by atoms with E-state index in [2.05, 4.69) is 22.5 Å². The number of aliphatic hydroxyl groups is 1. The van der Waals surface area contributed by atoms with Crippen LogP contribution in [0.2, 0.25) is 0 Å². The van der Waals surface area contributed by atoms with Gasteiger partial charge < -0.3 is 15.7 Å². The summed E-state index contributed by atoms with van der Waals surface area (Å²) in [5.74, 6) is 0.251. The SMILES string of the molecule is CC(CCNCC(O)c1csc(C(F)(F)F)n1)c1ccc(NC=O)cc1. The van der Waals surface area contributed by atoms with E-state index in [0.717, 1.165) is 17.7 Å². The summed E-state index contributed by atoms with van der Waals surface area (Å²) in [7, 11) is 0. The minimum absolute atomic E-state index is 0.0288. The van der Waals surface area contributed by atoms with Gasteiger partial charge in [-0.05, 0) is 36.6 Å². The molecule has 3 N–H and O–H groups in total. The highest BCUT2D eigenvalue weighted by atomic mass is 32.1. The van der Waals surface area contributed by atoms with Gasteiger partial charge in [-0.2, -0.15) is 13.2 Å². The fraction of sp³-hybridized carbons (Fsp3) is 0.412. The van der Waals surface area contributed by atoms with E-state index < -0.39 is 17.3 Å². The van der Waals surface area contributed by atoms with Gasteiger partial charge in [-0.25, -0.2) is 4.98 Å². The Labute approximate surface area is 153 Å². The molecule has 0 saturated heterocycles. The number of alkyl halides is 3. The van der Waals surface area contributed by atoms with E-state index in [0.29, 0.717) is 24.3 Å². The maximum absolute atomic E-state index is 12.5. The Morgan fingerprint density at radius 3 is 2.58 bits per heavy atom. The van der Waals surface area contributed by atoms with Crippen LogP contribution in [0.1, 0.15) is 41.6 Å². The molecule has 0 radical (unpaired) electrons. The van der Waals surface area contributed by atoms with Crippen molar-refractivity contribution in [3.8, 4) is 0 Å². The highest BCUT2D eigenvalue weighted by Gasteiger charge is 2.35. The van der Waals surface area contributed by atoms with Gasteiger partial charge in [-0.15, -0.1) is 11.3 Å². The summed E-state index contributed by atoms with van der Waals surface area (Å²) in [5, 5.41) is 15.8. The van der Waals surface area contributed by atoms with Crippen molar-refractivity contribution in [3.63, 3.8) is 0 Å². The van der Waals surface area contributed by atoms with Gasteiger partial charge >= 0.3 is 6.18 Å². The van der Waals surface area contributed by atoms with Gasteiger partial charge in [0.15, 0.2) is 5.01 Å². The van der Waals surface area contributed by atoms with Gasteiger partial charge in [-0.3, -0.25) is 4.79 Å². The number of carbonyl (C=O) groups is 1. The fourth-order valence-corrected chi connectivity index (χ4v) is 3.11. The van der Waals surface area contributed by atoms with E-state index in [9.17, 15) is 23.1 Å². The summed E-state index contributed by atoms with van der Waals surface area (Å²) < 4.78 is 37.6. The predicted octanol–water partition coefficient (Wildman–Crippen LogP) is 3.55. The van der Waals surface area contributed by atoms with Crippen LogP contribution in [-0.2, 0) is 11.0 Å². The molecule has 26 heavy (non-hydrogen) atoms. The second kappa shape index (κ2) is 9.11. The van der Waals surface area contributed by atoms with E-state index in [4.69, 9.17) is 0 Å². The number of aliphatic hydroxyl groups excluding tert-OH is 1. The van der Waals surface area contributed by atoms with E-state index >= 15 is 0 Å². The molecule has 2 aromatic rings. The number of thiazole rings is 1. The molecule has 1 aromatic carbocycles. The Balaban J connectivity index is 1.75. The van der Waals surface area contributed by atoms with E-state index in [1.165, 1.54) is 5.38 Å². The van der Waals surface area contributed by atoms with Crippen molar-refractivity contribution in [3.05, 3.63) is 45.9 Å². The summed E-state index contributed by atoms with van der Waals surface area (Å²) in [6.45, 7) is 2.79. The molecule has 0 bridgehead atoms. The molecule has 9 heteroatoms. The average molecular weight is 387 g/mol. The van der Waals surface area contributed by atoms with E-state index in [1.807, 2.05) is 24.3 Å². The third-order valence-electron chi connectivity index (χ3n) is 3.90. The molecule has 5 nitrogen and oxygen atoms in total. The first-order chi connectivity index (χ1) is 12.3. The molecule has 0 saturated carbocycles. The van der Waals surface area contributed by atoms with E-state index in [1.54, 1.807) is 0 Å². The van der Waals surface area contributed by atoms with Crippen molar-refractivity contribution in [2.24, 2.45) is 0 Å². The van der Waals surface area contributed by atoms with Gasteiger partial charge in [0.2, 0.25) is 6.41 Å². The summed E-state index contributed by atoms with van der Waals surface area (Å²) >= 11 is 0.480. The fourth-order valence-electron chi connectivity index (χ4n) is 2.37. The summed E-state index contributed by atoms with van der Waals surface area (Å²) in [4.78, 5) is 13.8. The predicted molar refractivity (Wildman–Crippen MR) is 94.1 cm³/mol. The Hall–Kier alpha value is -1.97. The third-order valence-corrected chi connectivity index (χ3v) is 4.81. The normalized spacial score (nSPS) is 14.0. The summed E-state index contributed by atoms with van der Waals surface area (Å²) in [5.41, 5.74) is 1.86. The number of benzene rings is 1. The molecule has 0 aliphatic rings. The first kappa shape index (κ1) is 20.3. The summed E-state index contributed by atoms with van der Waals surface area (Å²) in [6, 6.07) is 7.49. The molecule has 0 fully saturated rings. The molecule has 0 aliphatic carbocycles. The van der Waals surface area contributed by atoms with Crippen molar-refractivity contribution in [1.82, 2.24) is 10.3 Å². The Bertz CT molecular complexity index is 704. The smallest absolute Gasteiger partial charge is 0.385 e. The summed E-state index contributed by atoms with van der Waals surface area (Å²) in [6.07, 6.45) is -4.15. The molecule has 1 amide bonds. The van der Waals surface area contributed by atoms with Gasteiger partial charge in [0.1, 0.15) is 6.10 Å². The lowest BCUT2D eigenvalue weighted by Gasteiger charge is -2.14. The van der Waals surface area contributed by atoms with Crippen LogP contribution in [0.25, 0.3) is 0 Å². The topological polar surface area (TPSA) is 74.2 Å². The van der Waals surface area contributed by atoms with Crippen molar-refractivity contribution in [2.75, 3.05) is 18.4 Å².